The molecule has 3 aromatic carbocycles. The van der Waals surface area contributed by atoms with Crippen molar-refractivity contribution >= 4 is 11.7 Å². The number of ether oxygens (including phenoxy) is 2. The Kier molecular flexibility index (Phi) is 10.3. The van der Waals surface area contributed by atoms with E-state index in [9.17, 15) is 9.18 Å². The summed E-state index contributed by atoms with van der Waals surface area (Å²) in [4.78, 5) is 17.9. The highest BCUT2D eigenvalue weighted by atomic mass is 19.1. The molecule has 0 aliphatic heterocycles. The number of hydrogen-bond donors (Lipinski definition) is 0. The lowest BCUT2D eigenvalue weighted by Gasteiger charge is -2.15. The first-order chi connectivity index (χ1) is 19.8. The minimum atomic E-state index is -0.621. The number of hydrogen-bond acceptors (Lipinski definition) is 6. The number of oxime groups is 1. The quantitative estimate of drug-likeness (QED) is 0.104. The van der Waals surface area contributed by atoms with Crippen LogP contribution >= 0.6 is 0 Å². The van der Waals surface area contributed by atoms with Crippen LogP contribution in [-0.4, -0.2) is 28.6 Å². The van der Waals surface area contributed by atoms with Crippen LogP contribution in [-0.2, 0) is 40.4 Å². The van der Waals surface area contributed by atoms with Crippen LogP contribution in [0.2, 0.25) is 0 Å². The zero-order valence-electron chi connectivity index (χ0n) is 23.9. The summed E-state index contributed by atoms with van der Waals surface area (Å²) in [5, 5.41) is 8.57. The molecule has 1 heterocycles. The van der Waals surface area contributed by atoms with Gasteiger partial charge in [-0.3, -0.25) is 4.79 Å². The smallest absolute Gasteiger partial charge is 0.314 e. The second-order valence-corrected chi connectivity index (χ2v) is 10.4. The van der Waals surface area contributed by atoms with Gasteiger partial charge in [-0.25, -0.2) is 9.07 Å². The average molecular weight is 558 g/mol. The molecule has 0 bridgehead atoms. The third-order valence-electron chi connectivity index (χ3n) is 6.57. The largest absolute Gasteiger partial charge is 0.489 e. The minimum Gasteiger partial charge on any atom is -0.489 e. The number of rotatable bonds is 13. The van der Waals surface area contributed by atoms with E-state index in [1.165, 1.54) is 24.8 Å². The Bertz CT molecular complexity index is 1450. The maximum absolute atomic E-state index is 13.4. The molecule has 0 aliphatic rings. The summed E-state index contributed by atoms with van der Waals surface area (Å²) in [5.41, 5.74) is 5.32. The maximum atomic E-state index is 13.4. The average Bonchev–Trinajstić information content (AvgIpc) is 3.44. The zero-order chi connectivity index (χ0) is 29.2. The minimum absolute atomic E-state index is 0.0957. The Hall–Kier alpha value is -4.46. The molecule has 0 spiro atoms. The van der Waals surface area contributed by atoms with E-state index in [0.717, 1.165) is 23.2 Å². The van der Waals surface area contributed by atoms with Crippen LogP contribution in [0.1, 0.15) is 43.0 Å². The van der Waals surface area contributed by atoms with E-state index < -0.39 is 11.9 Å². The number of benzene rings is 3. The number of esters is 1. The van der Waals surface area contributed by atoms with Gasteiger partial charge in [0.05, 0.1) is 24.7 Å². The van der Waals surface area contributed by atoms with Crippen LogP contribution < -0.4 is 4.74 Å². The molecule has 0 saturated heterocycles. The van der Waals surface area contributed by atoms with Gasteiger partial charge >= 0.3 is 5.97 Å². The van der Waals surface area contributed by atoms with Crippen molar-refractivity contribution in [1.29, 1.82) is 0 Å². The molecule has 0 aliphatic carbocycles. The van der Waals surface area contributed by atoms with Gasteiger partial charge in [0.15, 0.2) is 0 Å². The van der Waals surface area contributed by atoms with Gasteiger partial charge in [-0.05, 0) is 78.8 Å². The molecule has 41 heavy (non-hydrogen) atoms. The predicted octanol–water partition coefficient (Wildman–Crippen LogP) is 6.71. The van der Waals surface area contributed by atoms with Crippen LogP contribution in [0, 0.1) is 17.7 Å². The summed E-state index contributed by atoms with van der Waals surface area (Å²) in [6.07, 6.45) is 5.20. The number of aromatic nitrogens is 2. The van der Waals surface area contributed by atoms with Gasteiger partial charge in [0, 0.05) is 11.8 Å². The maximum Gasteiger partial charge on any atom is 0.314 e. The standard InChI is InChI=1S/C33H36FN3O4/c1-23(2)16-25-8-12-30(13-9-25)37-20-28(19-35-37)21-40-31-14-10-26(11-15-31)18-32(33(38)39-4)24(3)36-41-22-27-6-5-7-29(34)17-27/h5-15,17,19-20,23,32H,16,18,21-22H2,1-4H3. The van der Waals surface area contributed by atoms with Gasteiger partial charge in [-0.1, -0.05) is 55.4 Å². The topological polar surface area (TPSA) is 74.9 Å². The lowest BCUT2D eigenvalue weighted by atomic mass is 9.95. The van der Waals surface area contributed by atoms with Crippen molar-refractivity contribution in [3.05, 3.63) is 113 Å². The first kappa shape index (κ1) is 29.5. The number of methoxy groups -OCH3 is 1. The molecular weight excluding hydrogens is 521 g/mol. The van der Waals surface area contributed by atoms with Gasteiger partial charge in [0.25, 0.3) is 0 Å². The predicted molar refractivity (Wildman–Crippen MR) is 156 cm³/mol. The monoisotopic (exact) mass is 557 g/mol. The molecular formula is C33H36FN3O4. The molecule has 4 rings (SSSR count). The molecule has 0 N–H and O–H groups in total. The Balaban J connectivity index is 1.31. The SMILES string of the molecule is COC(=O)C(Cc1ccc(OCc2cnn(-c3ccc(CC(C)C)cc3)c2)cc1)C(C)=NOCc1cccc(F)c1. The number of halogens is 1. The highest BCUT2D eigenvalue weighted by molar-refractivity contribution is 6.00. The van der Waals surface area contributed by atoms with Crippen molar-refractivity contribution in [3.8, 4) is 11.4 Å². The molecule has 0 saturated carbocycles. The van der Waals surface area contributed by atoms with Crippen molar-refractivity contribution in [2.45, 2.75) is 46.8 Å². The molecule has 7 nitrogen and oxygen atoms in total. The summed E-state index contributed by atoms with van der Waals surface area (Å²) in [7, 11) is 1.34. The first-order valence-corrected chi connectivity index (χ1v) is 13.6. The number of carbonyl (C=O) groups excluding carboxylic acids is 1. The van der Waals surface area contributed by atoms with Crippen molar-refractivity contribution in [2.24, 2.45) is 17.0 Å². The van der Waals surface area contributed by atoms with E-state index in [1.807, 2.05) is 35.1 Å². The van der Waals surface area contributed by atoms with Crippen molar-refractivity contribution in [1.82, 2.24) is 9.78 Å². The van der Waals surface area contributed by atoms with Gasteiger partial charge in [0.2, 0.25) is 0 Å². The lowest BCUT2D eigenvalue weighted by Crippen LogP contribution is -2.26. The second kappa shape index (κ2) is 14.3. The molecule has 0 radical (unpaired) electrons. The summed E-state index contributed by atoms with van der Waals surface area (Å²) < 4.78 is 26.2. The van der Waals surface area contributed by atoms with Gasteiger partial charge in [0.1, 0.15) is 30.7 Å². The molecule has 1 atom stereocenters. The van der Waals surface area contributed by atoms with Gasteiger partial charge in [-0.2, -0.15) is 5.10 Å². The fourth-order valence-corrected chi connectivity index (χ4v) is 4.40. The Labute approximate surface area is 240 Å². The highest BCUT2D eigenvalue weighted by Crippen LogP contribution is 2.19. The highest BCUT2D eigenvalue weighted by Gasteiger charge is 2.24. The molecule has 1 unspecified atom stereocenters. The van der Waals surface area contributed by atoms with Crippen LogP contribution in [0.15, 0.2) is 90.3 Å². The first-order valence-electron chi connectivity index (χ1n) is 13.6. The van der Waals surface area contributed by atoms with Gasteiger partial charge < -0.3 is 14.3 Å². The second-order valence-electron chi connectivity index (χ2n) is 10.4. The van der Waals surface area contributed by atoms with Crippen molar-refractivity contribution in [2.75, 3.05) is 7.11 Å². The molecule has 1 aromatic heterocycles. The molecule has 214 valence electrons. The summed E-state index contributed by atoms with van der Waals surface area (Å²) in [6.45, 7) is 6.62. The fourth-order valence-electron chi connectivity index (χ4n) is 4.40. The van der Waals surface area contributed by atoms with Gasteiger partial charge in [-0.15, -0.1) is 0 Å². The van der Waals surface area contributed by atoms with Crippen LogP contribution in [0.25, 0.3) is 5.69 Å². The third kappa shape index (κ3) is 8.76. The van der Waals surface area contributed by atoms with Crippen LogP contribution in [0.3, 0.4) is 0 Å². The summed E-state index contributed by atoms with van der Waals surface area (Å²) >= 11 is 0. The van der Waals surface area contributed by atoms with E-state index in [2.05, 4.69) is 48.4 Å². The van der Waals surface area contributed by atoms with Crippen LogP contribution in [0.5, 0.6) is 5.75 Å². The molecule has 8 heteroatoms. The van der Waals surface area contributed by atoms with E-state index >= 15 is 0 Å². The normalized spacial score (nSPS) is 12.3. The Morgan fingerprint density at radius 2 is 1.63 bits per heavy atom. The Morgan fingerprint density at radius 3 is 2.32 bits per heavy atom. The van der Waals surface area contributed by atoms with Crippen molar-refractivity contribution < 1.29 is 23.5 Å². The lowest BCUT2D eigenvalue weighted by molar-refractivity contribution is -0.143. The summed E-state index contributed by atoms with van der Waals surface area (Å²) in [5.74, 6) is -0.0472. The zero-order valence-corrected chi connectivity index (χ0v) is 23.9. The van der Waals surface area contributed by atoms with Crippen LogP contribution in [0.4, 0.5) is 4.39 Å². The van der Waals surface area contributed by atoms with E-state index in [0.29, 0.717) is 36.0 Å². The van der Waals surface area contributed by atoms with E-state index in [4.69, 9.17) is 14.3 Å². The number of carbonyl (C=O) groups is 1. The molecule has 0 amide bonds. The van der Waals surface area contributed by atoms with E-state index in [-0.39, 0.29) is 12.4 Å². The van der Waals surface area contributed by atoms with E-state index in [1.54, 1.807) is 25.3 Å². The third-order valence-corrected chi connectivity index (χ3v) is 6.57. The molecule has 0 fully saturated rings. The molecule has 4 aromatic rings. The van der Waals surface area contributed by atoms with Crippen molar-refractivity contribution in [3.63, 3.8) is 0 Å². The fraction of sp³-hybridized carbons (Fsp3) is 0.303. The summed E-state index contributed by atoms with van der Waals surface area (Å²) in [6, 6.07) is 22.1. The Morgan fingerprint density at radius 1 is 0.927 bits per heavy atom. The number of nitrogens with zero attached hydrogens (tertiary/aromatic N) is 3.